The average Bonchev–Trinajstić information content (AvgIpc) is 2.72. The molecule has 0 aliphatic heterocycles. The molecule has 0 aliphatic rings. The van der Waals surface area contributed by atoms with Crippen LogP contribution in [0, 0.1) is 0 Å². The van der Waals surface area contributed by atoms with Crippen LogP contribution in [0.3, 0.4) is 0 Å². The molecule has 0 unspecified atom stereocenters. The van der Waals surface area contributed by atoms with E-state index < -0.39 is 0 Å². The standard InChI is InChI=1S/C22H20N2O3/c1-2-12-26-21-10-4-8-19(14-21)24-22(25)18-7-3-9-20(13-18)27-16-17-6-5-11-23-15-17/h2-11,13-15H,1,12,16H2,(H,24,25). The maximum atomic E-state index is 12.5. The summed E-state index contributed by atoms with van der Waals surface area (Å²) in [6, 6.07) is 18.1. The first kappa shape index (κ1) is 18.2. The minimum absolute atomic E-state index is 0.220. The monoisotopic (exact) mass is 360 g/mol. The molecule has 0 saturated carbocycles. The quantitative estimate of drug-likeness (QED) is 0.602. The van der Waals surface area contributed by atoms with Gasteiger partial charge in [0.05, 0.1) is 0 Å². The van der Waals surface area contributed by atoms with Crippen LogP contribution >= 0.6 is 0 Å². The number of ether oxygens (including phenoxy) is 2. The van der Waals surface area contributed by atoms with Crippen molar-refractivity contribution in [3.63, 3.8) is 0 Å². The summed E-state index contributed by atoms with van der Waals surface area (Å²) in [5, 5.41) is 2.87. The Morgan fingerprint density at radius 2 is 1.85 bits per heavy atom. The Hall–Kier alpha value is -3.60. The summed E-state index contributed by atoms with van der Waals surface area (Å²) in [4.78, 5) is 16.6. The van der Waals surface area contributed by atoms with Crippen molar-refractivity contribution in [3.8, 4) is 11.5 Å². The van der Waals surface area contributed by atoms with Crippen LogP contribution in [-0.4, -0.2) is 17.5 Å². The number of rotatable bonds is 8. The van der Waals surface area contributed by atoms with E-state index in [0.29, 0.717) is 36.0 Å². The number of nitrogens with zero attached hydrogens (tertiary/aromatic N) is 1. The van der Waals surface area contributed by atoms with Crippen molar-refractivity contribution >= 4 is 11.6 Å². The normalized spacial score (nSPS) is 10.1. The molecule has 0 fully saturated rings. The molecule has 1 N–H and O–H groups in total. The molecule has 0 spiro atoms. The number of carbonyl (C=O) groups excluding carboxylic acids is 1. The minimum Gasteiger partial charge on any atom is -0.489 e. The number of pyridine rings is 1. The summed E-state index contributed by atoms with van der Waals surface area (Å²) >= 11 is 0. The number of benzene rings is 2. The molecule has 3 aromatic rings. The van der Waals surface area contributed by atoms with Gasteiger partial charge in [0.25, 0.3) is 5.91 Å². The molecule has 27 heavy (non-hydrogen) atoms. The summed E-state index contributed by atoms with van der Waals surface area (Å²) in [7, 11) is 0. The third kappa shape index (κ3) is 5.44. The van der Waals surface area contributed by atoms with Crippen molar-refractivity contribution in [1.29, 1.82) is 0 Å². The van der Waals surface area contributed by atoms with E-state index in [0.717, 1.165) is 5.56 Å². The smallest absolute Gasteiger partial charge is 0.255 e. The predicted molar refractivity (Wildman–Crippen MR) is 105 cm³/mol. The van der Waals surface area contributed by atoms with Gasteiger partial charge in [0.2, 0.25) is 0 Å². The molecule has 1 amide bonds. The van der Waals surface area contributed by atoms with Gasteiger partial charge in [-0.15, -0.1) is 0 Å². The lowest BCUT2D eigenvalue weighted by Gasteiger charge is -2.10. The minimum atomic E-state index is -0.220. The molecular formula is C22H20N2O3. The fraction of sp³-hybridized carbons (Fsp3) is 0.0909. The number of amides is 1. The van der Waals surface area contributed by atoms with Crippen LogP contribution in [0.5, 0.6) is 11.5 Å². The Morgan fingerprint density at radius 1 is 1.04 bits per heavy atom. The molecule has 2 aromatic carbocycles. The largest absolute Gasteiger partial charge is 0.489 e. The molecule has 0 aliphatic carbocycles. The highest BCUT2D eigenvalue weighted by Crippen LogP contribution is 2.20. The molecule has 5 nitrogen and oxygen atoms in total. The van der Waals surface area contributed by atoms with Gasteiger partial charge in [-0.2, -0.15) is 0 Å². The van der Waals surface area contributed by atoms with Gasteiger partial charge in [0.15, 0.2) is 0 Å². The lowest BCUT2D eigenvalue weighted by atomic mass is 10.2. The Morgan fingerprint density at radius 3 is 2.63 bits per heavy atom. The fourth-order valence-electron chi connectivity index (χ4n) is 2.40. The highest BCUT2D eigenvalue weighted by Gasteiger charge is 2.08. The van der Waals surface area contributed by atoms with Crippen LogP contribution in [0.2, 0.25) is 0 Å². The number of anilines is 1. The second-order valence-electron chi connectivity index (χ2n) is 5.76. The zero-order chi connectivity index (χ0) is 18.9. The van der Waals surface area contributed by atoms with Crippen molar-refractivity contribution in [2.75, 3.05) is 11.9 Å². The molecule has 0 saturated heterocycles. The maximum Gasteiger partial charge on any atom is 0.255 e. The molecule has 136 valence electrons. The molecule has 3 rings (SSSR count). The topological polar surface area (TPSA) is 60.5 Å². The van der Waals surface area contributed by atoms with Crippen LogP contribution < -0.4 is 14.8 Å². The van der Waals surface area contributed by atoms with Crippen molar-refractivity contribution in [1.82, 2.24) is 4.98 Å². The summed E-state index contributed by atoms with van der Waals surface area (Å²) in [5.41, 5.74) is 2.13. The van der Waals surface area contributed by atoms with Crippen molar-refractivity contribution in [2.45, 2.75) is 6.61 Å². The lowest BCUT2D eigenvalue weighted by Crippen LogP contribution is -2.12. The third-order valence-corrected chi connectivity index (χ3v) is 3.68. The van der Waals surface area contributed by atoms with Crippen LogP contribution in [0.25, 0.3) is 0 Å². The van der Waals surface area contributed by atoms with E-state index in [9.17, 15) is 4.79 Å². The average molecular weight is 360 g/mol. The SMILES string of the molecule is C=CCOc1cccc(NC(=O)c2cccc(OCc3cccnc3)c2)c1. The second kappa shape index (κ2) is 9.20. The first-order chi connectivity index (χ1) is 13.2. The summed E-state index contributed by atoms with van der Waals surface area (Å²) in [6.45, 7) is 4.42. The molecule has 0 bridgehead atoms. The highest BCUT2D eigenvalue weighted by molar-refractivity contribution is 6.04. The van der Waals surface area contributed by atoms with Gasteiger partial charge in [-0.25, -0.2) is 0 Å². The number of carbonyl (C=O) groups is 1. The molecule has 0 radical (unpaired) electrons. The van der Waals surface area contributed by atoms with Gasteiger partial charge in [-0.05, 0) is 36.4 Å². The van der Waals surface area contributed by atoms with E-state index in [1.165, 1.54) is 0 Å². The fourth-order valence-corrected chi connectivity index (χ4v) is 2.40. The zero-order valence-corrected chi connectivity index (χ0v) is 14.8. The molecule has 5 heteroatoms. The number of nitrogens with one attached hydrogen (secondary N) is 1. The molecular weight excluding hydrogens is 340 g/mol. The second-order valence-corrected chi connectivity index (χ2v) is 5.76. The van der Waals surface area contributed by atoms with E-state index in [-0.39, 0.29) is 5.91 Å². The Bertz CT molecular complexity index is 910. The maximum absolute atomic E-state index is 12.5. The van der Waals surface area contributed by atoms with Gasteiger partial charge in [0, 0.05) is 35.3 Å². The van der Waals surface area contributed by atoms with E-state index in [1.54, 1.807) is 48.8 Å². The first-order valence-corrected chi connectivity index (χ1v) is 8.51. The lowest BCUT2D eigenvalue weighted by molar-refractivity contribution is 0.102. The molecule has 1 heterocycles. The van der Waals surface area contributed by atoms with E-state index >= 15 is 0 Å². The van der Waals surface area contributed by atoms with Gasteiger partial charge in [0.1, 0.15) is 24.7 Å². The summed E-state index contributed by atoms with van der Waals surface area (Å²) in [5.74, 6) is 1.07. The molecule has 1 aromatic heterocycles. The van der Waals surface area contributed by atoms with Crippen molar-refractivity contribution in [3.05, 3.63) is 96.8 Å². The zero-order valence-electron chi connectivity index (χ0n) is 14.8. The van der Waals surface area contributed by atoms with Gasteiger partial charge in [-0.3, -0.25) is 9.78 Å². The third-order valence-electron chi connectivity index (χ3n) is 3.68. The van der Waals surface area contributed by atoms with E-state index in [1.807, 2.05) is 30.3 Å². The van der Waals surface area contributed by atoms with Gasteiger partial charge >= 0.3 is 0 Å². The van der Waals surface area contributed by atoms with Gasteiger partial charge in [-0.1, -0.05) is 30.9 Å². The Labute approximate surface area is 158 Å². The van der Waals surface area contributed by atoms with Crippen molar-refractivity contribution in [2.24, 2.45) is 0 Å². The van der Waals surface area contributed by atoms with Crippen molar-refractivity contribution < 1.29 is 14.3 Å². The van der Waals surface area contributed by atoms with Crippen LogP contribution in [-0.2, 0) is 6.61 Å². The van der Waals surface area contributed by atoms with E-state index in [2.05, 4.69) is 16.9 Å². The number of hydrogen-bond donors (Lipinski definition) is 1. The summed E-state index contributed by atoms with van der Waals surface area (Å²) < 4.78 is 11.2. The van der Waals surface area contributed by atoms with Gasteiger partial charge < -0.3 is 14.8 Å². The Balaban J connectivity index is 1.64. The van der Waals surface area contributed by atoms with E-state index in [4.69, 9.17) is 9.47 Å². The van der Waals surface area contributed by atoms with Crippen LogP contribution in [0.1, 0.15) is 15.9 Å². The van der Waals surface area contributed by atoms with Crippen LogP contribution in [0.4, 0.5) is 5.69 Å². The number of hydrogen-bond acceptors (Lipinski definition) is 4. The Kier molecular flexibility index (Phi) is 6.20. The molecule has 0 atom stereocenters. The highest BCUT2D eigenvalue weighted by atomic mass is 16.5. The first-order valence-electron chi connectivity index (χ1n) is 8.51. The predicted octanol–water partition coefficient (Wildman–Crippen LogP) is 4.48. The van der Waals surface area contributed by atoms with Crippen LogP contribution in [0.15, 0.2) is 85.7 Å². The number of aromatic nitrogens is 1. The summed E-state index contributed by atoms with van der Waals surface area (Å²) in [6.07, 6.45) is 5.13.